The molecular formula is C13H19F2N3. The summed E-state index contributed by atoms with van der Waals surface area (Å²) in [6.07, 6.45) is 6.25. The van der Waals surface area contributed by atoms with E-state index in [1.54, 1.807) is 0 Å². The van der Waals surface area contributed by atoms with Crippen LogP contribution in [0.5, 0.6) is 0 Å². The van der Waals surface area contributed by atoms with E-state index >= 15 is 0 Å². The Hall–Kier alpha value is -1.00. The van der Waals surface area contributed by atoms with E-state index in [0.29, 0.717) is 25.8 Å². The zero-order valence-electron chi connectivity index (χ0n) is 10.5. The molecule has 1 heterocycles. The first-order valence-electron chi connectivity index (χ1n) is 6.96. The van der Waals surface area contributed by atoms with Gasteiger partial charge >= 0.3 is 0 Å². The normalized spacial score (nSPS) is 26.2. The Bertz CT molecular complexity index is 428. The highest BCUT2D eigenvalue weighted by Crippen LogP contribution is 2.42. The van der Waals surface area contributed by atoms with Gasteiger partial charge in [0.1, 0.15) is 0 Å². The highest BCUT2D eigenvalue weighted by Gasteiger charge is 2.43. The summed E-state index contributed by atoms with van der Waals surface area (Å²) in [6.45, 7) is 0.600. The fourth-order valence-corrected chi connectivity index (χ4v) is 3.23. The molecule has 1 saturated carbocycles. The molecule has 1 unspecified atom stereocenters. The summed E-state index contributed by atoms with van der Waals surface area (Å²) < 4.78 is 28.9. The summed E-state index contributed by atoms with van der Waals surface area (Å²) in [6, 6.07) is 0. The predicted octanol–water partition coefficient (Wildman–Crippen LogP) is 2.98. The minimum Gasteiger partial charge on any atom is -0.249 e. The molecule has 2 aliphatic rings. The third-order valence-corrected chi connectivity index (χ3v) is 4.34. The lowest BCUT2D eigenvalue weighted by molar-refractivity contribution is -0.0409. The van der Waals surface area contributed by atoms with Crippen LogP contribution in [-0.4, -0.2) is 20.9 Å². The molecule has 0 spiro atoms. The molecule has 3 rings (SSSR count). The lowest BCUT2D eigenvalue weighted by atomic mass is 9.99. The van der Waals surface area contributed by atoms with Crippen LogP contribution in [0.15, 0.2) is 0 Å². The first kappa shape index (κ1) is 12.1. The molecule has 0 aromatic carbocycles. The standard InChI is InChI=1S/C13H19F2N3/c14-13(15)8-3-4-10(13)7-9-18-12-6-2-1-5-11(12)16-17-18/h10H,1-9H2. The summed E-state index contributed by atoms with van der Waals surface area (Å²) in [4.78, 5) is 0. The van der Waals surface area contributed by atoms with Crippen LogP contribution in [0.3, 0.4) is 0 Å². The van der Waals surface area contributed by atoms with Gasteiger partial charge in [-0.3, -0.25) is 0 Å². The average molecular weight is 255 g/mol. The number of rotatable bonds is 3. The molecule has 100 valence electrons. The number of hydrogen-bond acceptors (Lipinski definition) is 2. The van der Waals surface area contributed by atoms with Gasteiger partial charge in [0.05, 0.1) is 11.4 Å². The van der Waals surface area contributed by atoms with Crippen molar-refractivity contribution >= 4 is 0 Å². The molecular weight excluding hydrogens is 236 g/mol. The zero-order chi connectivity index (χ0) is 12.6. The third-order valence-electron chi connectivity index (χ3n) is 4.34. The Labute approximate surface area is 106 Å². The van der Waals surface area contributed by atoms with Gasteiger partial charge in [0.2, 0.25) is 0 Å². The number of aryl methyl sites for hydroxylation is 2. The Balaban J connectivity index is 1.65. The quantitative estimate of drug-likeness (QED) is 0.831. The smallest absolute Gasteiger partial charge is 0.249 e. The van der Waals surface area contributed by atoms with Crippen molar-refractivity contribution in [1.82, 2.24) is 15.0 Å². The summed E-state index contributed by atoms with van der Waals surface area (Å²) in [7, 11) is 0. The number of halogens is 2. The van der Waals surface area contributed by atoms with E-state index in [2.05, 4.69) is 10.3 Å². The molecule has 1 atom stereocenters. The topological polar surface area (TPSA) is 30.7 Å². The molecule has 1 fully saturated rings. The van der Waals surface area contributed by atoms with E-state index in [1.807, 2.05) is 4.68 Å². The van der Waals surface area contributed by atoms with Crippen molar-refractivity contribution < 1.29 is 8.78 Å². The van der Waals surface area contributed by atoms with E-state index in [9.17, 15) is 8.78 Å². The van der Waals surface area contributed by atoms with Crippen LogP contribution in [0.25, 0.3) is 0 Å². The van der Waals surface area contributed by atoms with Gasteiger partial charge in [0.25, 0.3) is 5.92 Å². The average Bonchev–Trinajstić information content (AvgIpc) is 2.90. The number of hydrogen-bond donors (Lipinski definition) is 0. The maximum absolute atomic E-state index is 13.5. The van der Waals surface area contributed by atoms with Crippen molar-refractivity contribution in [3.8, 4) is 0 Å². The van der Waals surface area contributed by atoms with Gasteiger partial charge in [-0.15, -0.1) is 5.10 Å². The minimum absolute atomic E-state index is 0.0626. The molecule has 3 nitrogen and oxygen atoms in total. The first-order valence-corrected chi connectivity index (χ1v) is 6.96. The van der Waals surface area contributed by atoms with Crippen LogP contribution < -0.4 is 0 Å². The lowest BCUT2D eigenvalue weighted by Crippen LogP contribution is -2.23. The minimum atomic E-state index is -2.46. The largest absolute Gasteiger partial charge is 0.251 e. The Kier molecular flexibility index (Phi) is 3.08. The number of alkyl halides is 2. The lowest BCUT2D eigenvalue weighted by Gasteiger charge is -2.19. The van der Waals surface area contributed by atoms with Crippen LogP contribution in [0.4, 0.5) is 8.78 Å². The van der Waals surface area contributed by atoms with Crippen molar-refractivity contribution in [1.29, 1.82) is 0 Å². The third kappa shape index (κ3) is 2.15. The van der Waals surface area contributed by atoms with E-state index in [1.165, 1.54) is 18.5 Å². The van der Waals surface area contributed by atoms with E-state index in [4.69, 9.17) is 0 Å². The Morgan fingerprint density at radius 2 is 2.06 bits per heavy atom. The Morgan fingerprint density at radius 3 is 2.83 bits per heavy atom. The van der Waals surface area contributed by atoms with Crippen LogP contribution >= 0.6 is 0 Å². The van der Waals surface area contributed by atoms with Crippen molar-refractivity contribution in [3.05, 3.63) is 11.4 Å². The SMILES string of the molecule is FC1(F)CCCC1CCn1nnc2c1CCCC2. The van der Waals surface area contributed by atoms with Crippen LogP contribution in [0.2, 0.25) is 0 Å². The molecule has 0 bridgehead atoms. The van der Waals surface area contributed by atoms with Gasteiger partial charge in [-0.25, -0.2) is 13.5 Å². The molecule has 0 N–H and O–H groups in total. The second-order valence-corrected chi connectivity index (χ2v) is 5.55. The van der Waals surface area contributed by atoms with Gasteiger partial charge in [-0.2, -0.15) is 0 Å². The summed E-state index contributed by atoms with van der Waals surface area (Å²) in [5.74, 6) is -2.92. The molecule has 18 heavy (non-hydrogen) atoms. The molecule has 0 aliphatic heterocycles. The van der Waals surface area contributed by atoms with Gasteiger partial charge in [0, 0.05) is 18.9 Å². The van der Waals surface area contributed by atoms with Gasteiger partial charge in [-0.05, 0) is 44.9 Å². The summed E-state index contributed by atoms with van der Waals surface area (Å²) in [5.41, 5.74) is 2.27. The summed E-state index contributed by atoms with van der Waals surface area (Å²) in [5, 5.41) is 8.29. The van der Waals surface area contributed by atoms with Crippen molar-refractivity contribution in [2.75, 3.05) is 0 Å². The maximum Gasteiger partial charge on any atom is 0.251 e. The number of aromatic nitrogens is 3. The first-order chi connectivity index (χ1) is 8.67. The molecule has 0 amide bonds. The monoisotopic (exact) mass is 255 g/mol. The van der Waals surface area contributed by atoms with E-state index in [0.717, 1.165) is 18.5 Å². The van der Waals surface area contributed by atoms with Crippen molar-refractivity contribution in [2.45, 2.75) is 63.8 Å². The second kappa shape index (κ2) is 4.59. The molecule has 0 saturated heterocycles. The van der Waals surface area contributed by atoms with Gasteiger partial charge in [-0.1, -0.05) is 5.21 Å². The summed E-state index contributed by atoms with van der Waals surface area (Å²) >= 11 is 0. The zero-order valence-corrected chi connectivity index (χ0v) is 10.5. The predicted molar refractivity (Wildman–Crippen MR) is 63.6 cm³/mol. The number of nitrogens with zero attached hydrogens (tertiary/aromatic N) is 3. The molecule has 1 aromatic heterocycles. The van der Waals surface area contributed by atoms with Gasteiger partial charge in [0.15, 0.2) is 0 Å². The van der Waals surface area contributed by atoms with Crippen molar-refractivity contribution in [3.63, 3.8) is 0 Å². The molecule has 5 heteroatoms. The van der Waals surface area contributed by atoms with E-state index in [-0.39, 0.29) is 6.42 Å². The van der Waals surface area contributed by atoms with Crippen LogP contribution in [0.1, 0.15) is 49.9 Å². The maximum atomic E-state index is 13.5. The highest BCUT2D eigenvalue weighted by molar-refractivity contribution is 5.13. The Morgan fingerprint density at radius 1 is 1.22 bits per heavy atom. The molecule has 1 aromatic rings. The molecule has 0 radical (unpaired) electrons. The van der Waals surface area contributed by atoms with Crippen LogP contribution in [-0.2, 0) is 19.4 Å². The van der Waals surface area contributed by atoms with Gasteiger partial charge < -0.3 is 0 Å². The van der Waals surface area contributed by atoms with Crippen LogP contribution in [0, 0.1) is 5.92 Å². The fraction of sp³-hybridized carbons (Fsp3) is 0.846. The van der Waals surface area contributed by atoms with Crippen molar-refractivity contribution in [2.24, 2.45) is 5.92 Å². The number of fused-ring (bicyclic) bond motifs is 1. The fourth-order valence-electron chi connectivity index (χ4n) is 3.23. The molecule has 2 aliphatic carbocycles. The second-order valence-electron chi connectivity index (χ2n) is 5.55. The highest BCUT2D eigenvalue weighted by atomic mass is 19.3. The van der Waals surface area contributed by atoms with E-state index < -0.39 is 11.8 Å².